The van der Waals surface area contributed by atoms with Crippen LogP contribution in [0, 0.1) is 24.6 Å². The molecule has 10 heteroatoms. The van der Waals surface area contributed by atoms with E-state index < -0.39 is 27.9 Å². The number of nitrogens with zero attached hydrogens (tertiary/aromatic N) is 1. The van der Waals surface area contributed by atoms with Crippen LogP contribution in [0.25, 0.3) is 0 Å². The lowest BCUT2D eigenvalue weighted by Gasteiger charge is -2.27. The van der Waals surface area contributed by atoms with Crippen LogP contribution in [0.1, 0.15) is 40.3 Å². The van der Waals surface area contributed by atoms with Crippen molar-refractivity contribution in [3.8, 4) is 11.5 Å². The van der Waals surface area contributed by atoms with Gasteiger partial charge in [0.25, 0.3) is 10.0 Å². The molecule has 1 heterocycles. The third-order valence-electron chi connectivity index (χ3n) is 8.33. The predicted molar refractivity (Wildman–Crippen MR) is 165 cm³/mol. The number of aliphatic hydroxyl groups excluding tert-OH is 1. The van der Waals surface area contributed by atoms with Crippen molar-refractivity contribution in [3.63, 3.8) is 0 Å². The molecule has 0 fully saturated rings. The molecule has 2 N–H and O–H groups in total. The number of hydrogen-bond acceptors (Lipinski definition) is 6. The zero-order valence-electron chi connectivity index (χ0n) is 25.0. The van der Waals surface area contributed by atoms with Gasteiger partial charge in [-0.3, -0.25) is 4.79 Å². The Morgan fingerprint density at radius 1 is 1.02 bits per heavy atom. The highest BCUT2D eigenvalue weighted by atomic mass is 32.2. The minimum atomic E-state index is -4.13. The van der Waals surface area contributed by atoms with Gasteiger partial charge < -0.3 is 19.1 Å². The molecule has 4 aromatic rings. The van der Waals surface area contributed by atoms with Crippen LogP contribution in [0.3, 0.4) is 0 Å². The minimum Gasteiger partial charge on any atom is -0.496 e. The molecule has 0 spiro atoms. The maximum Gasteiger partial charge on any atom is 0.264 e. The molecule has 1 amide bonds. The highest BCUT2D eigenvalue weighted by molar-refractivity contribution is 7.90. The summed E-state index contributed by atoms with van der Waals surface area (Å²) in [5.74, 6) is 0.174. The first-order chi connectivity index (χ1) is 21.1. The van der Waals surface area contributed by atoms with Crippen molar-refractivity contribution in [2.45, 2.75) is 50.2 Å². The number of amides is 1. The SMILES string of the molecule is COc1cc([C@@H](O)[C@@H](CC2Cc3ccccc3C2)Cn2ccc(CC(=O)NS(=O)(=O)c3ccc(F)cc3)c2)cc(OC)c1C. The lowest BCUT2D eigenvalue weighted by molar-refractivity contribution is -0.118. The number of sulfonamides is 1. The number of carbonyl (C=O) groups is 1. The first-order valence-electron chi connectivity index (χ1n) is 14.5. The fourth-order valence-electron chi connectivity index (χ4n) is 6.12. The van der Waals surface area contributed by atoms with Crippen LogP contribution in [-0.4, -0.2) is 38.2 Å². The minimum absolute atomic E-state index is 0.162. The Balaban J connectivity index is 1.33. The first-order valence-corrected chi connectivity index (χ1v) is 16.0. The van der Waals surface area contributed by atoms with Crippen LogP contribution in [0.4, 0.5) is 4.39 Å². The average molecular weight is 621 g/mol. The number of rotatable bonds is 12. The van der Waals surface area contributed by atoms with E-state index in [1.54, 1.807) is 26.5 Å². The quantitative estimate of drug-likeness (QED) is 0.227. The summed E-state index contributed by atoms with van der Waals surface area (Å²) in [6, 6.07) is 18.2. The van der Waals surface area contributed by atoms with Crippen LogP contribution in [-0.2, 0) is 40.6 Å². The van der Waals surface area contributed by atoms with Crippen molar-refractivity contribution in [3.05, 3.63) is 113 Å². The summed E-state index contributed by atoms with van der Waals surface area (Å²) in [4.78, 5) is 12.4. The molecule has 1 aliphatic rings. The maximum atomic E-state index is 13.2. The smallest absolute Gasteiger partial charge is 0.264 e. The number of ether oxygens (including phenoxy) is 2. The van der Waals surface area contributed by atoms with Crippen LogP contribution >= 0.6 is 0 Å². The van der Waals surface area contributed by atoms with E-state index in [0.717, 1.165) is 49.1 Å². The number of aromatic nitrogens is 1. The Labute approximate surface area is 257 Å². The predicted octanol–water partition coefficient (Wildman–Crippen LogP) is 5.16. The van der Waals surface area contributed by atoms with E-state index in [2.05, 4.69) is 29.0 Å². The van der Waals surface area contributed by atoms with Crippen LogP contribution in [0.5, 0.6) is 11.5 Å². The lowest BCUT2D eigenvalue weighted by atomic mass is 9.85. The third kappa shape index (κ3) is 7.14. The molecule has 0 radical (unpaired) electrons. The summed E-state index contributed by atoms with van der Waals surface area (Å²) < 4.78 is 53.4. The molecule has 2 atom stereocenters. The molecule has 5 rings (SSSR count). The van der Waals surface area contributed by atoms with Gasteiger partial charge in [-0.15, -0.1) is 0 Å². The van der Waals surface area contributed by atoms with Gasteiger partial charge in [0.2, 0.25) is 5.91 Å². The molecule has 3 aromatic carbocycles. The number of nitrogens with one attached hydrogen (secondary N) is 1. The maximum absolute atomic E-state index is 13.2. The summed E-state index contributed by atoms with van der Waals surface area (Å²) in [6.45, 7) is 2.38. The molecule has 0 unspecified atom stereocenters. The number of hydrogen-bond donors (Lipinski definition) is 2. The number of aliphatic hydroxyl groups is 1. The van der Waals surface area contributed by atoms with Gasteiger partial charge in [0.05, 0.1) is 31.6 Å². The first kappa shape index (κ1) is 31.3. The molecule has 232 valence electrons. The number of fused-ring (bicyclic) bond motifs is 1. The van der Waals surface area contributed by atoms with Gasteiger partial charge in [-0.1, -0.05) is 24.3 Å². The average Bonchev–Trinajstić information content (AvgIpc) is 3.62. The fraction of sp³-hybridized carbons (Fsp3) is 0.324. The molecule has 8 nitrogen and oxygen atoms in total. The topological polar surface area (TPSA) is 107 Å². The van der Waals surface area contributed by atoms with Crippen molar-refractivity contribution in [2.24, 2.45) is 11.8 Å². The number of carbonyl (C=O) groups excluding carboxylic acids is 1. The van der Waals surface area contributed by atoms with Crippen LogP contribution in [0.15, 0.2) is 84.0 Å². The van der Waals surface area contributed by atoms with Gasteiger partial charge in [0.1, 0.15) is 17.3 Å². The Hall–Kier alpha value is -4.15. The highest BCUT2D eigenvalue weighted by Gasteiger charge is 2.30. The molecule has 44 heavy (non-hydrogen) atoms. The van der Waals surface area contributed by atoms with Crippen molar-refractivity contribution in [2.75, 3.05) is 14.2 Å². The molecular formula is C34H37FN2O6S. The van der Waals surface area contributed by atoms with Crippen molar-refractivity contribution >= 4 is 15.9 Å². The van der Waals surface area contributed by atoms with Crippen molar-refractivity contribution in [1.82, 2.24) is 9.29 Å². The van der Waals surface area contributed by atoms with Crippen LogP contribution < -0.4 is 14.2 Å². The second kappa shape index (κ2) is 13.2. The molecule has 1 aromatic heterocycles. The molecule has 1 aliphatic carbocycles. The number of benzene rings is 3. The summed E-state index contributed by atoms with van der Waals surface area (Å²) in [6.07, 6.45) is 5.29. The molecule has 0 aliphatic heterocycles. The molecule has 0 bridgehead atoms. The van der Waals surface area contributed by atoms with E-state index in [4.69, 9.17) is 9.47 Å². The normalized spacial score (nSPS) is 14.6. The largest absolute Gasteiger partial charge is 0.496 e. The lowest BCUT2D eigenvalue weighted by Crippen LogP contribution is -2.31. The Morgan fingerprint density at radius 3 is 2.23 bits per heavy atom. The van der Waals surface area contributed by atoms with Crippen molar-refractivity contribution in [1.29, 1.82) is 0 Å². The van der Waals surface area contributed by atoms with E-state index in [1.165, 1.54) is 11.1 Å². The monoisotopic (exact) mass is 620 g/mol. The van der Waals surface area contributed by atoms with Crippen LogP contribution in [0.2, 0.25) is 0 Å². The highest BCUT2D eigenvalue weighted by Crippen LogP contribution is 2.39. The van der Waals surface area contributed by atoms with Gasteiger partial charge in [-0.2, -0.15) is 0 Å². The van der Waals surface area contributed by atoms with Gasteiger partial charge in [0.15, 0.2) is 0 Å². The van der Waals surface area contributed by atoms with Crippen molar-refractivity contribution < 1.29 is 32.2 Å². The van der Waals surface area contributed by atoms with Gasteiger partial charge in [0, 0.05) is 30.4 Å². The summed E-state index contributed by atoms with van der Waals surface area (Å²) >= 11 is 0. The summed E-state index contributed by atoms with van der Waals surface area (Å²) in [5.41, 5.74) is 4.85. The number of halogens is 1. The fourth-order valence-corrected chi connectivity index (χ4v) is 7.10. The summed E-state index contributed by atoms with van der Waals surface area (Å²) in [7, 11) is -0.946. The zero-order chi connectivity index (χ0) is 31.4. The second-order valence-electron chi connectivity index (χ2n) is 11.4. The van der Waals surface area contributed by atoms with E-state index >= 15 is 0 Å². The van der Waals surface area contributed by atoms with Gasteiger partial charge >= 0.3 is 0 Å². The molecule has 0 saturated heterocycles. The third-order valence-corrected chi connectivity index (χ3v) is 9.72. The summed E-state index contributed by atoms with van der Waals surface area (Å²) in [5, 5.41) is 11.8. The number of methoxy groups -OCH3 is 2. The Kier molecular flexibility index (Phi) is 9.41. The second-order valence-corrected chi connectivity index (χ2v) is 13.1. The van der Waals surface area contributed by atoms with E-state index in [0.29, 0.717) is 35.1 Å². The Morgan fingerprint density at radius 2 is 1.64 bits per heavy atom. The standard InChI is InChI=1S/C34H37FN2O6S/c1-22-31(42-2)18-27(19-32(22)43-3)34(39)28(16-24-14-25-6-4-5-7-26(25)15-24)21-37-13-12-23(20-37)17-33(38)36-44(40,41)30-10-8-29(35)9-11-30/h4-13,18-20,24,28,34,39H,14-17,21H2,1-3H3,(H,36,38)/t28-,34+/m0/s1. The van der Waals surface area contributed by atoms with Gasteiger partial charge in [-0.05, 0) is 96.8 Å². The van der Waals surface area contributed by atoms with Gasteiger partial charge in [-0.25, -0.2) is 17.5 Å². The van der Waals surface area contributed by atoms with E-state index in [-0.39, 0.29) is 17.2 Å². The Bertz CT molecular complexity index is 1680. The van der Waals surface area contributed by atoms with E-state index in [9.17, 15) is 22.7 Å². The van der Waals surface area contributed by atoms with E-state index in [1.807, 2.05) is 29.8 Å². The molecule has 0 saturated carbocycles. The zero-order valence-corrected chi connectivity index (χ0v) is 25.8. The molecular weight excluding hydrogens is 583 g/mol.